The first-order valence-electron chi connectivity index (χ1n) is 8.69. The molecular weight excluding hydrogens is 415 g/mol. The van der Waals surface area contributed by atoms with Crippen LogP contribution < -0.4 is 16.4 Å². The number of rotatable bonds is 3. The van der Waals surface area contributed by atoms with E-state index in [-0.39, 0.29) is 23.2 Å². The van der Waals surface area contributed by atoms with Crippen LogP contribution in [0.3, 0.4) is 0 Å². The lowest BCUT2D eigenvalue weighted by Gasteiger charge is -2.23. The van der Waals surface area contributed by atoms with Crippen LogP contribution in [0.15, 0.2) is 24.3 Å². The monoisotopic (exact) mass is 428 g/mol. The van der Waals surface area contributed by atoms with Crippen molar-refractivity contribution >= 4 is 23.1 Å². The van der Waals surface area contributed by atoms with Gasteiger partial charge >= 0.3 is 0 Å². The Hall–Kier alpha value is -2.84. The highest BCUT2D eigenvalue weighted by molar-refractivity contribution is 6.96. The molecule has 3 aromatic rings. The zero-order valence-electron chi connectivity index (χ0n) is 15.9. The van der Waals surface area contributed by atoms with Crippen LogP contribution in [0.1, 0.15) is 16.7 Å². The highest BCUT2D eigenvalue weighted by Gasteiger charge is 2.36. The molecule has 0 saturated heterocycles. The van der Waals surface area contributed by atoms with Crippen molar-refractivity contribution in [3.63, 3.8) is 0 Å². The van der Waals surface area contributed by atoms with E-state index in [1.54, 1.807) is 0 Å². The van der Waals surface area contributed by atoms with Crippen LogP contribution >= 0.6 is 0 Å². The lowest BCUT2D eigenvalue weighted by molar-refractivity contribution is 0.491. The molecule has 0 aliphatic heterocycles. The van der Waals surface area contributed by atoms with Crippen molar-refractivity contribution in [2.24, 2.45) is 0 Å². The molecule has 0 nitrogen and oxygen atoms in total. The fourth-order valence-electron chi connectivity index (χ4n) is 3.59. The largest absolute Gasteiger partial charge is 0.250 e. The molecular formula is C21H13BF8. The maximum absolute atomic E-state index is 14.8. The first-order valence-corrected chi connectivity index (χ1v) is 8.69. The van der Waals surface area contributed by atoms with E-state index in [1.165, 1.54) is 6.92 Å². The summed E-state index contributed by atoms with van der Waals surface area (Å²) in [6, 6.07) is 1.67. The minimum absolute atomic E-state index is 0.197. The Morgan fingerprint density at radius 2 is 0.933 bits per heavy atom. The quantitative estimate of drug-likeness (QED) is 0.333. The van der Waals surface area contributed by atoms with Gasteiger partial charge in [-0.05, 0) is 54.5 Å². The molecule has 0 radical (unpaired) electrons. The highest BCUT2D eigenvalue weighted by atomic mass is 19.2. The second-order valence-corrected chi connectivity index (χ2v) is 6.92. The Morgan fingerprint density at radius 1 is 0.500 bits per heavy atom. The fourth-order valence-corrected chi connectivity index (χ4v) is 3.59. The summed E-state index contributed by atoms with van der Waals surface area (Å²) in [6.07, 6.45) is 0. The molecule has 0 heterocycles. The molecule has 0 spiro atoms. The summed E-state index contributed by atoms with van der Waals surface area (Å²) in [5, 5.41) is 0. The SMILES string of the molecule is Cc1c(F)cc(F)cc1B(c1c(F)cc(F)c(F)c1C)c1c(F)cc(F)c(F)c1C. The third-order valence-corrected chi connectivity index (χ3v) is 5.14. The summed E-state index contributed by atoms with van der Waals surface area (Å²) in [7, 11) is 0. The third kappa shape index (κ3) is 3.46. The van der Waals surface area contributed by atoms with Gasteiger partial charge in [0.25, 0.3) is 0 Å². The van der Waals surface area contributed by atoms with E-state index in [0.29, 0.717) is 6.07 Å². The van der Waals surface area contributed by atoms with E-state index in [4.69, 9.17) is 0 Å². The molecule has 3 rings (SSSR count). The summed E-state index contributed by atoms with van der Waals surface area (Å²) in [5.74, 6) is -10.9. The number of benzene rings is 3. The van der Waals surface area contributed by atoms with Crippen molar-refractivity contribution in [2.45, 2.75) is 20.8 Å². The maximum Gasteiger partial charge on any atom is 0.250 e. The van der Waals surface area contributed by atoms with Crippen molar-refractivity contribution in [1.29, 1.82) is 0 Å². The van der Waals surface area contributed by atoms with Crippen LogP contribution in [0.4, 0.5) is 35.1 Å². The Labute approximate surface area is 167 Å². The highest BCUT2D eigenvalue weighted by Crippen LogP contribution is 2.18. The van der Waals surface area contributed by atoms with Crippen molar-refractivity contribution in [3.8, 4) is 0 Å². The van der Waals surface area contributed by atoms with Gasteiger partial charge in [-0.15, -0.1) is 0 Å². The normalized spacial score (nSPS) is 11.2. The summed E-state index contributed by atoms with van der Waals surface area (Å²) >= 11 is 0. The van der Waals surface area contributed by atoms with Crippen LogP contribution in [0.25, 0.3) is 0 Å². The van der Waals surface area contributed by atoms with Gasteiger partial charge in [-0.2, -0.15) is 0 Å². The third-order valence-electron chi connectivity index (χ3n) is 5.14. The van der Waals surface area contributed by atoms with E-state index in [0.717, 1.165) is 19.9 Å². The fraction of sp³-hybridized carbons (Fsp3) is 0.143. The van der Waals surface area contributed by atoms with Crippen LogP contribution in [0.2, 0.25) is 0 Å². The molecule has 0 aliphatic carbocycles. The number of hydrogen-bond acceptors (Lipinski definition) is 0. The van der Waals surface area contributed by atoms with Gasteiger partial charge in [0.1, 0.15) is 23.3 Å². The summed E-state index contributed by atoms with van der Waals surface area (Å²) in [4.78, 5) is 0. The Morgan fingerprint density at radius 3 is 1.37 bits per heavy atom. The predicted molar refractivity (Wildman–Crippen MR) is 97.9 cm³/mol. The van der Waals surface area contributed by atoms with Gasteiger partial charge in [0.15, 0.2) is 23.3 Å². The molecule has 9 heteroatoms. The minimum atomic E-state index is -1.79. The number of halogens is 8. The van der Waals surface area contributed by atoms with E-state index in [1.807, 2.05) is 0 Å². The van der Waals surface area contributed by atoms with Gasteiger partial charge in [0, 0.05) is 18.2 Å². The Bertz CT molecular complexity index is 1110. The second-order valence-electron chi connectivity index (χ2n) is 6.92. The van der Waals surface area contributed by atoms with Gasteiger partial charge in [-0.25, -0.2) is 35.1 Å². The molecule has 0 unspecified atom stereocenters. The lowest BCUT2D eigenvalue weighted by Crippen LogP contribution is -2.58. The van der Waals surface area contributed by atoms with Crippen molar-refractivity contribution in [2.75, 3.05) is 0 Å². The van der Waals surface area contributed by atoms with E-state index < -0.39 is 75.3 Å². The molecule has 156 valence electrons. The summed E-state index contributed by atoms with van der Waals surface area (Å²) in [6.45, 7) is 1.36. The lowest BCUT2D eigenvalue weighted by atomic mass is 9.34. The van der Waals surface area contributed by atoms with Gasteiger partial charge in [0.05, 0.1) is 0 Å². The topological polar surface area (TPSA) is 0 Å². The van der Waals surface area contributed by atoms with Gasteiger partial charge < -0.3 is 0 Å². The maximum atomic E-state index is 14.8. The standard InChI is InChI=1S/C21H13BF8/c1-8-12(4-11(23)5-13(8)24)22(18-9(2)20(29)16(27)6-14(18)25)19-10(3)21(30)17(28)7-15(19)26/h4-7H,1-3H3. The van der Waals surface area contributed by atoms with E-state index in [2.05, 4.69) is 0 Å². The van der Waals surface area contributed by atoms with Crippen LogP contribution in [0, 0.1) is 67.3 Å². The van der Waals surface area contributed by atoms with Crippen LogP contribution in [-0.2, 0) is 0 Å². The van der Waals surface area contributed by atoms with E-state index >= 15 is 0 Å². The smallest absolute Gasteiger partial charge is 0.207 e. The van der Waals surface area contributed by atoms with Gasteiger partial charge in [-0.3, -0.25) is 0 Å². The minimum Gasteiger partial charge on any atom is -0.207 e. The molecule has 0 N–H and O–H groups in total. The first kappa shape index (κ1) is 21.9. The van der Waals surface area contributed by atoms with Crippen molar-refractivity contribution in [1.82, 2.24) is 0 Å². The summed E-state index contributed by atoms with van der Waals surface area (Å²) in [5.41, 5.74) is -3.14. The second kappa shape index (κ2) is 7.77. The molecule has 3 aromatic carbocycles. The Balaban J connectivity index is 2.52. The average molecular weight is 428 g/mol. The zero-order valence-corrected chi connectivity index (χ0v) is 15.9. The molecule has 0 bridgehead atoms. The summed E-state index contributed by atoms with van der Waals surface area (Å²) < 4.78 is 114. The van der Waals surface area contributed by atoms with Crippen LogP contribution in [0.5, 0.6) is 0 Å². The van der Waals surface area contributed by atoms with Crippen molar-refractivity contribution in [3.05, 3.63) is 87.5 Å². The molecule has 0 amide bonds. The predicted octanol–water partition coefficient (Wildman–Crippen LogP) is 4.24. The van der Waals surface area contributed by atoms with Gasteiger partial charge in [-0.1, -0.05) is 5.46 Å². The Kier molecular flexibility index (Phi) is 5.67. The molecule has 0 aromatic heterocycles. The van der Waals surface area contributed by atoms with Crippen LogP contribution in [-0.4, -0.2) is 6.71 Å². The zero-order chi connectivity index (χ0) is 22.5. The van der Waals surface area contributed by atoms with E-state index in [9.17, 15) is 35.1 Å². The van der Waals surface area contributed by atoms with Crippen molar-refractivity contribution < 1.29 is 35.1 Å². The molecule has 0 saturated carbocycles. The molecule has 0 fully saturated rings. The first-order chi connectivity index (χ1) is 14.0. The molecule has 30 heavy (non-hydrogen) atoms. The average Bonchev–Trinajstić information content (AvgIpc) is 2.66. The molecule has 0 atom stereocenters. The molecule has 0 aliphatic rings. The van der Waals surface area contributed by atoms with Gasteiger partial charge in [0.2, 0.25) is 6.71 Å². The number of hydrogen-bond donors (Lipinski definition) is 0.